The maximum Gasteiger partial charge on any atom is 0.349 e. The molecule has 2 aromatic carbocycles. The fourth-order valence-electron chi connectivity index (χ4n) is 3.11. The third-order valence-electron chi connectivity index (χ3n) is 4.68. The first-order chi connectivity index (χ1) is 16.0. The molecule has 8 nitrogen and oxygen atoms in total. The second kappa shape index (κ2) is 10.3. The van der Waals surface area contributed by atoms with Crippen molar-refractivity contribution < 1.29 is 18.7 Å². The van der Waals surface area contributed by atoms with Crippen molar-refractivity contribution in [2.75, 3.05) is 19.8 Å². The lowest BCUT2D eigenvalue weighted by Crippen LogP contribution is -2.31. The molecule has 0 aliphatic rings. The Labute approximate surface area is 197 Å². The number of hydrogen-bond donors (Lipinski definition) is 1. The van der Waals surface area contributed by atoms with Crippen molar-refractivity contribution in [3.05, 3.63) is 81.1 Å². The van der Waals surface area contributed by atoms with Crippen LogP contribution >= 0.6 is 15.9 Å². The van der Waals surface area contributed by atoms with Gasteiger partial charge in [-0.1, -0.05) is 15.9 Å². The van der Waals surface area contributed by atoms with E-state index in [2.05, 4.69) is 31.4 Å². The molecule has 9 heteroatoms. The van der Waals surface area contributed by atoms with E-state index in [1.165, 1.54) is 6.07 Å². The third-order valence-corrected chi connectivity index (χ3v) is 5.17. The fraction of sp³-hybridized carbons (Fsp3) is 0.167. The summed E-state index contributed by atoms with van der Waals surface area (Å²) in [5.41, 5.74) is 1.26. The first kappa shape index (κ1) is 22.5. The van der Waals surface area contributed by atoms with Crippen molar-refractivity contribution >= 4 is 32.8 Å². The molecule has 0 radical (unpaired) electrons. The lowest BCUT2D eigenvalue weighted by Gasteiger charge is -2.08. The molecule has 0 spiro atoms. The molecule has 2 aromatic heterocycles. The summed E-state index contributed by atoms with van der Waals surface area (Å²) >= 11 is 3.36. The number of nitrogens with zero attached hydrogens (tertiary/aromatic N) is 2. The summed E-state index contributed by atoms with van der Waals surface area (Å²) in [6.07, 6.45) is 0. The van der Waals surface area contributed by atoms with Crippen LogP contribution in [0.3, 0.4) is 0 Å². The molecule has 1 N–H and O–H groups in total. The van der Waals surface area contributed by atoms with Crippen LogP contribution in [-0.2, 0) is 0 Å². The number of carbonyl (C=O) groups is 1. The monoisotopic (exact) mass is 509 g/mol. The summed E-state index contributed by atoms with van der Waals surface area (Å²) in [6.45, 7) is 2.88. The van der Waals surface area contributed by atoms with Gasteiger partial charge in [0.1, 0.15) is 23.5 Å². The van der Waals surface area contributed by atoms with Gasteiger partial charge in [0.05, 0.1) is 18.8 Å². The van der Waals surface area contributed by atoms with Crippen LogP contribution in [0, 0.1) is 0 Å². The number of nitrogens with one attached hydrogen (secondary N) is 1. The zero-order chi connectivity index (χ0) is 23.2. The second-order valence-corrected chi connectivity index (χ2v) is 7.86. The van der Waals surface area contributed by atoms with Crippen molar-refractivity contribution in [2.45, 2.75) is 6.92 Å². The van der Waals surface area contributed by atoms with Gasteiger partial charge in [-0.25, -0.2) is 4.79 Å². The molecule has 2 heterocycles. The van der Waals surface area contributed by atoms with E-state index in [1.807, 2.05) is 31.2 Å². The number of amides is 1. The molecule has 1 amide bonds. The third kappa shape index (κ3) is 5.56. The van der Waals surface area contributed by atoms with Crippen molar-refractivity contribution in [1.29, 1.82) is 0 Å². The minimum Gasteiger partial charge on any atom is -0.494 e. The number of aromatic nitrogens is 2. The molecule has 0 fully saturated rings. The Bertz CT molecular complexity index is 1320. The average molecular weight is 510 g/mol. The van der Waals surface area contributed by atoms with Gasteiger partial charge in [-0.2, -0.15) is 0 Å². The number of ether oxygens (including phenoxy) is 2. The molecule has 0 unspecified atom stereocenters. The van der Waals surface area contributed by atoms with E-state index in [0.29, 0.717) is 29.2 Å². The number of benzene rings is 2. The van der Waals surface area contributed by atoms with Crippen LogP contribution in [0.5, 0.6) is 11.6 Å². The standard InChI is InChI=1S/C24H20BrN3O5/c1-2-31-18-6-3-15(4-7-18)20-8-10-22(28-27-20)32-12-11-26-23(29)19-14-16-13-17(25)5-9-21(16)33-24(19)30/h3-10,13-14H,2,11-12H2,1H3,(H,26,29). The summed E-state index contributed by atoms with van der Waals surface area (Å²) in [5.74, 6) is 0.589. The van der Waals surface area contributed by atoms with Gasteiger partial charge < -0.3 is 19.2 Å². The van der Waals surface area contributed by atoms with Crippen LogP contribution in [0.15, 0.2) is 74.3 Å². The predicted molar refractivity (Wildman–Crippen MR) is 127 cm³/mol. The smallest absolute Gasteiger partial charge is 0.349 e. The minimum absolute atomic E-state index is 0.0694. The second-order valence-electron chi connectivity index (χ2n) is 6.95. The van der Waals surface area contributed by atoms with Crippen molar-refractivity contribution in [1.82, 2.24) is 15.5 Å². The van der Waals surface area contributed by atoms with E-state index in [4.69, 9.17) is 13.9 Å². The maximum atomic E-state index is 12.4. The number of rotatable bonds is 8. The molecular formula is C24H20BrN3O5. The zero-order valence-electron chi connectivity index (χ0n) is 17.7. The molecule has 0 aliphatic carbocycles. The van der Waals surface area contributed by atoms with Crippen LogP contribution in [0.1, 0.15) is 17.3 Å². The lowest BCUT2D eigenvalue weighted by atomic mass is 10.1. The molecule has 0 aliphatic heterocycles. The Morgan fingerprint density at radius 2 is 1.85 bits per heavy atom. The van der Waals surface area contributed by atoms with Gasteiger partial charge in [0.2, 0.25) is 5.88 Å². The highest BCUT2D eigenvalue weighted by atomic mass is 79.9. The minimum atomic E-state index is -0.695. The molecule has 0 atom stereocenters. The summed E-state index contributed by atoms with van der Waals surface area (Å²) in [7, 11) is 0. The SMILES string of the molecule is CCOc1ccc(-c2ccc(OCCNC(=O)c3cc4cc(Br)ccc4oc3=O)nn2)cc1. The van der Waals surface area contributed by atoms with Crippen LogP contribution in [0.4, 0.5) is 0 Å². The fourth-order valence-corrected chi connectivity index (χ4v) is 3.49. The number of carbonyl (C=O) groups excluding carboxylic acids is 1. The highest BCUT2D eigenvalue weighted by Gasteiger charge is 2.13. The van der Waals surface area contributed by atoms with E-state index in [9.17, 15) is 9.59 Å². The van der Waals surface area contributed by atoms with Gasteiger partial charge in [0.25, 0.3) is 5.91 Å². The maximum absolute atomic E-state index is 12.4. The Balaban J connectivity index is 1.31. The van der Waals surface area contributed by atoms with Crippen LogP contribution in [0.25, 0.3) is 22.2 Å². The topological polar surface area (TPSA) is 104 Å². The van der Waals surface area contributed by atoms with Crippen LogP contribution in [-0.4, -0.2) is 35.9 Å². The van der Waals surface area contributed by atoms with E-state index in [-0.39, 0.29) is 18.7 Å². The molecule has 0 bridgehead atoms. The van der Waals surface area contributed by atoms with Crippen molar-refractivity contribution in [3.8, 4) is 22.9 Å². The van der Waals surface area contributed by atoms with Gasteiger partial charge in [0.15, 0.2) is 0 Å². The summed E-state index contributed by atoms with van der Waals surface area (Å²) in [6, 6.07) is 17.8. The summed E-state index contributed by atoms with van der Waals surface area (Å²) in [5, 5.41) is 11.5. The number of fused-ring (bicyclic) bond motifs is 1. The molecule has 0 saturated carbocycles. The van der Waals surface area contributed by atoms with Gasteiger partial charge in [-0.15, -0.1) is 10.2 Å². The number of hydrogen-bond acceptors (Lipinski definition) is 7. The normalized spacial score (nSPS) is 10.7. The Hall–Kier alpha value is -3.72. The average Bonchev–Trinajstić information content (AvgIpc) is 2.83. The van der Waals surface area contributed by atoms with E-state index >= 15 is 0 Å². The highest BCUT2D eigenvalue weighted by molar-refractivity contribution is 9.10. The molecular weight excluding hydrogens is 490 g/mol. The van der Waals surface area contributed by atoms with E-state index in [1.54, 1.807) is 30.3 Å². The zero-order valence-corrected chi connectivity index (χ0v) is 19.3. The van der Waals surface area contributed by atoms with Gasteiger partial charge in [0, 0.05) is 21.5 Å². The molecule has 4 rings (SSSR count). The molecule has 168 valence electrons. The van der Waals surface area contributed by atoms with Gasteiger partial charge in [-0.05, 0) is 61.5 Å². The van der Waals surface area contributed by atoms with Crippen molar-refractivity contribution in [2.24, 2.45) is 0 Å². The van der Waals surface area contributed by atoms with Gasteiger partial charge >= 0.3 is 5.63 Å². The van der Waals surface area contributed by atoms with Gasteiger partial charge in [-0.3, -0.25) is 4.79 Å². The first-order valence-corrected chi connectivity index (χ1v) is 11.0. The first-order valence-electron chi connectivity index (χ1n) is 10.2. The molecule has 4 aromatic rings. The van der Waals surface area contributed by atoms with E-state index < -0.39 is 11.5 Å². The molecule has 0 saturated heterocycles. The largest absolute Gasteiger partial charge is 0.494 e. The predicted octanol–water partition coefficient (Wildman–Crippen LogP) is 4.22. The quantitative estimate of drug-likeness (QED) is 0.280. The lowest BCUT2D eigenvalue weighted by molar-refractivity contribution is 0.0943. The molecule has 33 heavy (non-hydrogen) atoms. The van der Waals surface area contributed by atoms with Crippen LogP contribution < -0.4 is 20.4 Å². The Morgan fingerprint density at radius 1 is 1.03 bits per heavy atom. The Morgan fingerprint density at radius 3 is 2.58 bits per heavy atom. The number of halogens is 1. The summed E-state index contributed by atoms with van der Waals surface area (Å²) < 4.78 is 17.0. The summed E-state index contributed by atoms with van der Waals surface area (Å²) in [4.78, 5) is 24.5. The van der Waals surface area contributed by atoms with E-state index in [0.717, 1.165) is 15.8 Å². The highest BCUT2D eigenvalue weighted by Crippen LogP contribution is 2.21. The Kier molecular flexibility index (Phi) is 6.99. The van der Waals surface area contributed by atoms with Crippen LogP contribution in [0.2, 0.25) is 0 Å². The van der Waals surface area contributed by atoms with Crippen molar-refractivity contribution in [3.63, 3.8) is 0 Å².